The smallest absolute Gasteiger partial charge is 0.296 e. The van der Waals surface area contributed by atoms with Gasteiger partial charge in [-0.3, -0.25) is 14.5 Å². The third-order valence-corrected chi connectivity index (χ3v) is 9.62. The molecule has 1 atom stereocenters. The van der Waals surface area contributed by atoms with Crippen molar-refractivity contribution in [1.82, 2.24) is 10.2 Å². The zero-order chi connectivity index (χ0) is 32.5. The number of carbonyl (C=O) groups excluding carboxylic acids is 2. The molecule has 0 aliphatic carbocycles. The Bertz CT molecular complexity index is 1960. The van der Waals surface area contributed by atoms with Gasteiger partial charge in [-0.05, 0) is 42.3 Å². The first-order valence-corrected chi connectivity index (χ1v) is 15.8. The highest BCUT2D eigenvalue weighted by Gasteiger charge is 2.47. The summed E-state index contributed by atoms with van der Waals surface area (Å²) in [5.41, 5.74) is 2.82. The van der Waals surface area contributed by atoms with Crippen LogP contribution in [0.2, 0.25) is 0 Å². The van der Waals surface area contributed by atoms with Crippen molar-refractivity contribution in [3.05, 3.63) is 94.4 Å². The maximum atomic E-state index is 14.2. The molecular weight excluding hydrogens is 631 g/mol. The molecule has 0 fully saturated rings. The third-order valence-electron chi connectivity index (χ3n) is 7.49. The number of ketones is 1. The van der Waals surface area contributed by atoms with Crippen molar-refractivity contribution >= 4 is 50.9 Å². The highest BCUT2D eigenvalue weighted by atomic mass is 32.2. The number of amides is 1. The van der Waals surface area contributed by atoms with Crippen LogP contribution >= 0.6 is 23.1 Å². The van der Waals surface area contributed by atoms with Gasteiger partial charge in [0.05, 0.1) is 40.1 Å². The molecule has 0 saturated carbocycles. The Morgan fingerprint density at radius 2 is 1.65 bits per heavy atom. The van der Waals surface area contributed by atoms with Crippen LogP contribution in [-0.2, 0) is 10.5 Å². The van der Waals surface area contributed by atoms with Crippen molar-refractivity contribution in [2.75, 3.05) is 33.3 Å². The lowest BCUT2D eigenvalue weighted by atomic mass is 9.94. The average Bonchev–Trinajstić information content (AvgIpc) is 3.79. The Kier molecular flexibility index (Phi) is 8.61. The molecule has 1 amide bonds. The molecule has 46 heavy (non-hydrogen) atoms. The quantitative estimate of drug-likeness (QED) is 0.0922. The molecule has 1 aliphatic rings. The van der Waals surface area contributed by atoms with Gasteiger partial charge in [0.25, 0.3) is 5.91 Å². The van der Waals surface area contributed by atoms with Gasteiger partial charge in [-0.1, -0.05) is 65.1 Å². The number of aromatic nitrogens is 2. The van der Waals surface area contributed by atoms with Crippen molar-refractivity contribution in [1.29, 1.82) is 0 Å². The van der Waals surface area contributed by atoms with Crippen LogP contribution in [0.5, 0.6) is 23.0 Å². The van der Waals surface area contributed by atoms with Crippen molar-refractivity contribution in [3.63, 3.8) is 0 Å². The normalized spacial score (nSPS) is 14.7. The predicted molar refractivity (Wildman–Crippen MR) is 174 cm³/mol. The molecule has 1 N–H and O–H groups in total. The van der Waals surface area contributed by atoms with Crippen LogP contribution in [0, 0.1) is 6.92 Å². The van der Waals surface area contributed by atoms with E-state index in [-0.39, 0.29) is 16.5 Å². The number of nitrogens with zero attached hydrogens (tertiary/aromatic N) is 3. The van der Waals surface area contributed by atoms with E-state index in [2.05, 4.69) is 10.2 Å². The summed E-state index contributed by atoms with van der Waals surface area (Å²) < 4.78 is 28.6. The lowest BCUT2D eigenvalue weighted by Gasteiger charge is -2.25. The standard InChI is InChI=1S/C33H29N3O8S2/c1-17-9-11-18(12-10-17)16-45-33-35-34-32(46-33)36-26(20-14-23(41-3)30(43-5)24(15-20)42-4)25(28(38)31(36)39)27(37)22-13-19-7-6-8-21(40-2)29(19)44-22/h6-15,26,38H,16H2,1-5H3. The maximum Gasteiger partial charge on any atom is 0.296 e. The van der Waals surface area contributed by atoms with Gasteiger partial charge >= 0.3 is 0 Å². The van der Waals surface area contributed by atoms with E-state index in [1.807, 2.05) is 31.2 Å². The fourth-order valence-corrected chi connectivity index (χ4v) is 7.06. The van der Waals surface area contributed by atoms with E-state index in [4.69, 9.17) is 23.4 Å². The Morgan fingerprint density at radius 1 is 0.957 bits per heavy atom. The van der Waals surface area contributed by atoms with Gasteiger partial charge in [-0.2, -0.15) is 0 Å². The molecule has 5 aromatic rings. The molecule has 6 rings (SSSR count). The first-order chi connectivity index (χ1) is 22.3. The number of benzene rings is 3. The second-order valence-corrected chi connectivity index (χ2v) is 12.4. The number of para-hydroxylation sites is 1. The Labute approximate surface area is 272 Å². The molecule has 236 valence electrons. The lowest BCUT2D eigenvalue weighted by molar-refractivity contribution is -0.117. The molecule has 1 unspecified atom stereocenters. The first-order valence-electron chi connectivity index (χ1n) is 14.0. The van der Waals surface area contributed by atoms with Gasteiger partial charge in [-0.15, -0.1) is 10.2 Å². The molecule has 1 aliphatic heterocycles. The first kappa shape index (κ1) is 31.0. The molecule has 0 bridgehead atoms. The van der Waals surface area contributed by atoms with Crippen LogP contribution in [-0.4, -0.2) is 55.4 Å². The van der Waals surface area contributed by atoms with Crippen molar-refractivity contribution < 1.29 is 38.1 Å². The summed E-state index contributed by atoms with van der Waals surface area (Å²) in [5.74, 6) is -0.344. The largest absolute Gasteiger partial charge is 0.503 e. The number of ether oxygens (including phenoxy) is 4. The summed E-state index contributed by atoms with van der Waals surface area (Å²) in [6.07, 6.45) is 0. The molecule has 3 aromatic carbocycles. The van der Waals surface area contributed by atoms with Crippen LogP contribution in [0.15, 0.2) is 80.8 Å². The van der Waals surface area contributed by atoms with Gasteiger partial charge in [-0.25, -0.2) is 0 Å². The van der Waals surface area contributed by atoms with Gasteiger partial charge < -0.3 is 28.5 Å². The Hall–Kier alpha value is -5.01. The summed E-state index contributed by atoms with van der Waals surface area (Å²) in [6, 6.07) is 17.1. The van der Waals surface area contributed by atoms with E-state index in [9.17, 15) is 14.7 Å². The van der Waals surface area contributed by atoms with Crippen LogP contribution in [0.1, 0.15) is 33.3 Å². The fourth-order valence-electron chi connectivity index (χ4n) is 5.24. The average molecular weight is 660 g/mol. The second-order valence-electron chi connectivity index (χ2n) is 10.2. The van der Waals surface area contributed by atoms with E-state index in [0.717, 1.165) is 11.1 Å². The second kappa shape index (κ2) is 12.8. The molecule has 11 nitrogen and oxygen atoms in total. The zero-order valence-corrected chi connectivity index (χ0v) is 27.2. The number of aryl methyl sites for hydroxylation is 1. The minimum atomic E-state index is -1.15. The number of carbonyl (C=O) groups is 2. The van der Waals surface area contributed by atoms with Crippen molar-refractivity contribution in [2.24, 2.45) is 0 Å². The lowest BCUT2D eigenvalue weighted by Crippen LogP contribution is -2.31. The number of thioether (sulfide) groups is 1. The van der Waals surface area contributed by atoms with Gasteiger partial charge in [0, 0.05) is 11.1 Å². The number of hydrogen-bond acceptors (Lipinski definition) is 12. The van der Waals surface area contributed by atoms with Crippen LogP contribution in [0.25, 0.3) is 11.0 Å². The minimum absolute atomic E-state index is 0.0836. The van der Waals surface area contributed by atoms with E-state index in [1.165, 1.54) is 56.4 Å². The fraction of sp³-hybridized carbons (Fsp3) is 0.212. The number of methoxy groups -OCH3 is 4. The molecule has 0 radical (unpaired) electrons. The number of rotatable bonds is 11. The number of hydrogen-bond donors (Lipinski definition) is 1. The highest BCUT2D eigenvalue weighted by Crippen LogP contribution is 2.48. The molecule has 3 heterocycles. The topological polar surface area (TPSA) is 133 Å². The van der Waals surface area contributed by atoms with Crippen molar-refractivity contribution in [2.45, 2.75) is 23.1 Å². The minimum Gasteiger partial charge on any atom is -0.503 e. The Balaban J connectivity index is 1.44. The van der Waals surface area contributed by atoms with Crippen molar-refractivity contribution in [3.8, 4) is 23.0 Å². The SMILES string of the molecule is COc1cc(C2C(C(=O)c3cc4cccc(OC)c4o3)=C(O)C(=O)N2c2nnc(SCc3ccc(C)cc3)s2)cc(OC)c1OC. The predicted octanol–water partition coefficient (Wildman–Crippen LogP) is 6.70. The molecule has 2 aromatic heterocycles. The number of aliphatic hydroxyl groups excluding tert-OH is 1. The summed E-state index contributed by atoms with van der Waals surface area (Å²) in [7, 11) is 5.89. The molecule has 0 spiro atoms. The monoisotopic (exact) mass is 659 g/mol. The number of fused-ring (bicyclic) bond motifs is 1. The van der Waals surface area contributed by atoms with E-state index < -0.39 is 23.5 Å². The van der Waals surface area contributed by atoms with E-state index in [1.54, 1.807) is 36.4 Å². The van der Waals surface area contributed by atoms with Gasteiger partial charge in [0.15, 0.2) is 38.7 Å². The number of Topliss-reactive ketones (excluding diaryl/α,β-unsaturated/α-hetero) is 1. The summed E-state index contributed by atoms with van der Waals surface area (Å²) in [6.45, 7) is 2.03. The zero-order valence-electron chi connectivity index (χ0n) is 25.5. The van der Waals surface area contributed by atoms with Gasteiger partial charge in [0.2, 0.25) is 16.7 Å². The van der Waals surface area contributed by atoms with E-state index in [0.29, 0.717) is 49.6 Å². The number of furan rings is 1. The van der Waals surface area contributed by atoms with Crippen LogP contribution < -0.4 is 23.8 Å². The summed E-state index contributed by atoms with van der Waals surface area (Å²) >= 11 is 2.64. The molecular formula is C33H29N3O8S2. The summed E-state index contributed by atoms with van der Waals surface area (Å²) in [4.78, 5) is 29.3. The van der Waals surface area contributed by atoms with Crippen LogP contribution in [0.4, 0.5) is 5.13 Å². The Morgan fingerprint density at radius 3 is 2.30 bits per heavy atom. The molecule has 13 heteroatoms. The summed E-state index contributed by atoms with van der Waals surface area (Å²) in [5, 5.41) is 20.7. The number of aliphatic hydroxyl groups is 1. The number of anilines is 1. The third kappa shape index (κ3) is 5.52. The van der Waals surface area contributed by atoms with Crippen LogP contribution in [0.3, 0.4) is 0 Å². The maximum absolute atomic E-state index is 14.2. The molecule has 0 saturated heterocycles. The van der Waals surface area contributed by atoms with E-state index >= 15 is 0 Å². The highest BCUT2D eigenvalue weighted by molar-refractivity contribution is 8.00. The van der Waals surface area contributed by atoms with Gasteiger partial charge in [0.1, 0.15) is 0 Å².